The minimum atomic E-state index is -0.338. The molecule has 0 aliphatic heterocycles. The summed E-state index contributed by atoms with van der Waals surface area (Å²) in [5.74, 6) is -0.430. The molecule has 1 aromatic carbocycles. The largest absolute Gasteiger partial charge is 0.345 e. The Morgan fingerprint density at radius 2 is 1.59 bits per heavy atom. The van der Waals surface area contributed by atoms with E-state index in [0.717, 1.165) is 12.0 Å². The molecule has 0 fully saturated rings. The van der Waals surface area contributed by atoms with Crippen molar-refractivity contribution in [2.24, 2.45) is 11.3 Å². The predicted octanol–water partition coefficient (Wildman–Crippen LogP) is 3.75. The highest BCUT2D eigenvalue weighted by Crippen LogP contribution is 2.26. The second-order valence-corrected chi connectivity index (χ2v) is 9.38. The number of nitrogens with zero attached hydrogens (tertiary/aromatic N) is 1. The SMILES string of the molecule is Cc1ccc(NC(=O)CNC(=O)CN(C(=O)C[C@@H](C)CC(C)(C)C)C(C)C)cc1. The Morgan fingerprint density at radius 3 is 2.10 bits per heavy atom. The van der Waals surface area contributed by atoms with Gasteiger partial charge in [0.05, 0.1) is 13.1 Å². The Kier molecular flexibility index (Phi) is 9.34. The van der Waals surface area contributed by atoms with Gasteiger partial charge >= 0.3 is 0 Å². The first-order valence-corrected chi connectivity index (χ1v) is 10.3. The summed E-state index contributed by atoms with van der Waals surface area (Å²) in [6, 6.07) is 7.35. The Balaban J connectivity index is 2.51. The predicted molar refractivity (Wildman–Crippen MR) is 118 cm³/mol. The van der Waals surface area contributed by atoms with E-state index in [1.54, 1.807) is 4.90 Å². The molecule has 1 rings (SSSR count). The van der Waals surface area contributed by atoms with Gasteiger partial charge in [-0.15, -0.1) is 0 Å². The molecule has 1 atom stereocenters. The van der Waals surface area contributed by atoms with Gasteiger partial charge in [0.1, 0.15) is 0 Å². The minimum absolute atomic E-state index is 0.0315. The third-order valence-corrected chi connectivity index (χ3v) is 4.52. The lowest BCUT2D eigenvalue weighted by Crippen LogP contribution is -2.46. The fourth-order valence-electron chi connectivity index (χ4n) is 3.32. The average molecular weight is 404 g/mol. The Morgan fingerprint density at radius 1 is 1.00 bits per heavy atom. The number of rotatable bonds is 9. The molecule has 0 saturated carbocycles. The van der Waals surface area contributed by atoms with Crippen LogP contribution in [0.5, 0.6) is 0 Å². The lowest BCUT2D eigenvalue weighted by molar-refractivity contribution is -0.138. The molecule has 0 spiro atoms. The van der Waals surface area contributed by atoms with Crippen LogP contribution in [0.2, 0.25) is 0 Å². The fraction of sp³-hybridized carbons (Fsp3) is 0.609. The normalized spacial score (nSPS) is 12.4. The molecule has 0 radical (unpaired) electrons. The Hall–Kier alpha value is -2.37. The van der Waals surface area contributed by atoms with E-state index in [2.05, 4.69) is 38.3 Å². The molecular formula is C23H37N3O3. The molecule has 6 nitrogen and oxygen atoms in total. The van der Waals surface area contributed by atoms with E-state index >= 15 is 0 Å². The van der Waals surface area contributed by atoms with Gasteiger partial charge < -0.3 is 15.5 Å². The summed E-state index contributed by atoms with van der Waals surface area (Å²) in [4.78, 5) is 38.6. The smallest absolute Gasteiger partial charge is 0.243 e. The van der Waals surface area contributed by atoms with E-state index in [0.29, 0.717) is 12.1 Å². The molecule has 2 N–H and O–H groups in total. The highest BCUT2D eigenvalue weighted by atomic mass is 16.2. The van der Waals surface area contributed by atoms with Gasteiger partial charge in [0.15, 0.2) is 0 Å². The first-order valence-electron chi connectivity index (χ1n) is 10.3. The number of aryl methyl sites for hydroxylation is 1. The van der Waals surface area contributed by atoms with Gasteiger partial charge in [-0.1, -0.05) is 45.4 Å². The van der Waals surface area contributed by atoms with Crippen molar-refractivity contribution in [1.82, 2.24) is 10.2 Å². The maximum atomic E-state index is 12.7. The summed E-state index contributed by atoms with van der Waals surface area (Å²) in [7, 11) is 0. The van der Waals surface area contributed by atoms with Crippen LogP contribution in [0.25, 0.3) is 0 Å². The van der Waals surface area contributed by atoms with Crippen molar-refractivity contribution in [2.45, 2.75) is 67.3 Å². The number of carbonyl (C=O) groups excluding carboxylic acids is 3. The minimum Gasteiger partial charge on any atom is -0.345 e. The second kappa shape index (κ2) is 11.0. The molecule has 0 aliphatic rings. The first kappa shape index (κ1) is 24.7. The van der Waals surface area contributed by atoms with Gasteiger partial charge in [-0.2, -0.15) is 0 Å². The molecule has 0 saturated heterocycles. The Bertz CT molecular complexity index is 690. The summed E-state index contributed by atoms with van der Waals surface area (Å²) in [5, 5.41) is 5.34. The van der Waals surface area contributed by atoms with Gasteiger partial charge in [-0.25, -0.2) is 0 Å². The van der Waals surface area contributed by atoms with Crippen LogP contribution in [0, 0.1) is 18.3 Å². The van der Waals surface area contributed by atoms with E-state index in [1.807, 2.05) is 45.0 Å². The zero-order valence-electron chi connectivity index (χ0n) is 19.0. The van der Waals surface area contributed by atoms with E-state index in [4.69, 9.17) is 0 Å². The monoisotopic (exact) mass is 403 g/mol. The first-order chi connectivity index (χ1) is 13.4. The summed E-state index contributed by atoms with van der Waals surface area (Å²) in [6.45, 7) is 14.1. The van der Waals surface area contributed by atoms with Crippen molar-refractivity contribution in [1.29, 1.82) is 0 Å². The van der Waals surface area contributed by atoms with E-state index < -0.39 is 0 Å². The average Bonchev–Trinajstić information content (AvgIpc) is 2.57. The summed E-state index contributed by atoms with van der Waals surface area (Å²) >= 11 is 0. The molecule has 0 bridgehead atoms. The zero-order valence-corrected chi connectivity index (χ0v) is 19.0. The molecule has 0 heterocycles. The quantitative estimate of drug-likeness (QED) is 0.659. The van der Waals surface area contributed by atoms with Gasteiger partial charge in [-0.3, -0.25) is 14.4 Å². The number of nitrogens with one attached hydrogen (secondary N) is 2. The van der Waals surface area contributed by atoms with Crippen molar-refractivity contribution in [3.8, 4) is 0 Å². The van der Waals surface area contributed by atoms with Crippen LogP contribution in [0.4, 0.5) is 5.69 Å². The highest BCUT2D eigenvalue weighted by molar-refractivity contribution is 5.95. The molecule has 0 aliphatic carbocycles. The van der Waals surface area contributed by atoms with Crippen molar-refractivity contribution in [2.75, 3.05) is 18.4 Å². The highest BCUT2D eigenvalue weighted by Gasteiger charge is 2.24. The van der Waals surface area contributed by atoms with Crippen molar-refractivity contribution < 1.29 is 14.4 Å². The number of anilines is 1. The van der Waals surface area contributed by atoms with E-state index in [1.165, 1.54) is 0 Å². The molecule has 162 valence electrons. The topological polar surface area (TPSA) is 78.5 Å². The van der Waals surface area contributed by atoms with Gasteiger partial charge in [0.25, 0.3) is 0 Å². The molecule has 6 heteroatoms. The lowest BCUT2D eigenvalue weighted by Gasteiger charge is -2.29. The molecule has 0 unspecified atom stereocenters. The number of benzene rings is 1. The number of hydrogen-bond donors (Lipinski definition) is 2. The fourth-order valence-corrected chi connectivity index (χ4v) is 3.32. The molecule has 1 aromatic rings. The zero-order chi connectivity index (χ0) is 22.2. The van der Waals surface area contributed by atoms with E-state index in [-0.39, 0.29) is 48.2 Å². The number of hydrogen-bond acceptors (Lipinski definition) is 3. The van der Waals surface area contributed by atoms with Crippen molar-refractivity contribution in [3.63, 3.8) is 0 Å². The molecule has 0 aromatic heterocycles. The third kappa shape index (κ3) is 10.1. The number of amides is 3. The van der Waals surface area contributed by atoms with Crippen LogP contribution in [-0.4, -0.2) is 41.8 Å². The summed E-state index contributed by atoms with van der Waals surface area (Å²) in [6.07, 6.45) is 1.35. The van der Waals surface area contributed by atoms with Crippen molar-refractivity contribution >= 4 is 23.4 Å². The third-order valence-electron chi connectivity index (χ3n) is 4.52. The lowest BCUT2D eigenvalue weighted by atomic mass is 9.84. The van der Waals surface area contributed by atoms with Crippen LogP contribution < -0.4 is 10.6 Å². The van der Waals surface area contributed by atoms with Gasteiger partial charge in [0.2, 0.25) is 17.7 Å². The van der Waals surface area contributed by atoms with Crippen molar-refractivity contribution in [3.05, 3.63) is 29.8 Å². The molecule has 29 heavy (non-hydrogen) atoms. The van der Waals surface area contributed by atoms with E-state index in [9.17, 15) is 14.4 Å². The van der Waals surface area contributed by atoms with Crippen LogP contribution in [0.3, 0.4) is 0 Å². The number of carbonyl (C=O) groups is 3. The van der Waals surface area contributed by atoms with Gasteiger partial charge in [0, 0.05) is 18.2 Å². The summed E-state index contributed by atoms with van der Waals surface area (Å²) in [5.41, 5.74) is 1.94. The van der Waals surface area contributed by atoms with Crippen LogP contribution >= 0.6 is 0 Å². The summed E-state index contributed by atoms with van der Waals surface area (Å²) < 4.78 is 0. The maximum absolute atomic E-state index is 12.7. The van der Waals surface area contributed by atoms with Crippen LogP contribution in [0.1, 0.15) is 59.9 Å². The van der Waals surface area contributed by atoms with Crippen LogP contribution in [-0.2, 0) is 14.4 Å². The Labute approximate surface area is 175 Å². The standard InChI is InChI=1S/C23H37N3O3/c1-16(2)26(22(29)12-18(4)13-23(5,6)7)15-21(28)24-14-20(27)25-19-10-8-17(3)9-11-19/h8-11,16,18H,12-15H2,1-7H3,(H,24,28)(H,25,27)/t18-/m1/s1. The van der Waals surface area contributed by atoms with Crippen LogP contribution in [0.15, 0.2) is 24.3 Å². The van der Waals surface area contributed by atoms with Gasteiger partial charge in [-0.05, 0) is 50.7 Å². The second-order valence-electron chi connectivity index (χ2n) is 9.38. The molecular weight excluding hydrogens is 366 g/mol. The molecule has 3 amide bonds. The maximum Gasteiger partial charge on any atom is 0.243 e.